The molecule has 0 aliphatic carbocycles. The van der Waals surface area contributed by atoms with Gasteiger partial charge in [-0.3, -0.25) is 9.69 Å². The van der Waals surface area contributed by atoms with E-state index in [-0.39, 0.29) is 5.91 Å². The highest BCUT2D eigenvalue weighted by Crippen LogP contribution is 2.23. The second-order valence-corrected chi connectivity index (χ2v) is 6.47. The van der Waals surface area contributed by atoms with Crippen LogP contribution in [0.15, 0.2) is 29.6 Å². The summed E-state index contributed by atoms with van der Waals surface area (Å²) in [5, 5.41) is 1.72. The van der Waals surface area contributed by atoms with Crippen LogP contribution in [0.3, 0.4) is 0 Å². The van der Waals surface area contributed by atoms with E-state index >= 15 is 0 Å². The van der Waals surface area contributed by atoms with E-state index in [4.69, 9.17) is 5.73 Å². The number of anilines is 1. The molecule has 0 spiro atoms. The van der Waals surface area contributed by atoms with Crippen LogP contribution in [0.2, 0.25) is 0 Å². The summed E-state index contributed by atoms with van der Waals surface area (Å²) in [7, 11) is 3.94. The maximum atomic E-state index is 12.4. The maximum absolute atomic E-state index is 12.4. The quantitative estimate of drug-likeness (QED) is 0.939. The summed E-state index contributed by atoms with van der Waals surface area (Å²) < 4.78 is 3.97. The molecule has 2 N–H and O–H groups in total. The summed E-state index contributed by atoms with van der Waals surface area (Å²) in [5.74, 6) is 0.266. The Morgan fingerprint density at radius 1 is 1.45 bits per heavy atom. The zero-order valence-corrected chi connectivity index (χ0v) is 13.6. The van der Waals surface area contributed by atoms with Crippen molar-refractivity contribution < 1.29 is 4.79 Å². The molecule has 0 saturated carbocycles. The predicted octanol–water partition coefficient (Wildman–Crippen LogP) is 1.85. The fourth-order valence-electron chi connectivity index (χ4n) is 2.93. The van der Waals surface area contributed by atoms with Gasteiger partial charge in [0.05, 0.1) is 5.56 Å². The first kappa shape index (κ1) is 15.0. The van der Waals surface area contributed by atoms with E-state index in [0.717, 1.165) is 13.0 Å². The Morgan fingerprint density at radius 3 is 2.86 bits per heavy atom. The molecule has 5 nitrogen and oxygen atoms in total. The van der Waals surface area contributed by atoms with E-state index < -0.39 is 0 Å². The van der Waals surface area contributed by atoms with Crippen molar-refractivity contribution in [3.8, 4) is 0 Å². The highest BCUT2D eigenvalue weighted by Gasteiger charge is 2.26. The number of fused-ring (bicyclic) bond motifs is 1. The minimum absolute atomic E-state index is 0.0569. The normalized spacial score (nSPS) is 18.0. The van der Waals surface area contributed by atoms with Gasteiger partial charge in [0.15, 0.2) is 0 Å². The van der Waals surface area contributed by atoms with Gasteiger partial charge in [0, 0.05) is 31.6 Å². The van der Waals surface area contributed by atoms with Crippen LogP contribution >= 0.6 is 11.5 Å². The number of nitrogens with two attached hydrogens (primary N) is 1. The third kappa shape index (κ3) is 2.84. The molecule has 1 aromatic heterocycles. The Balaban J connectivity index is 1.71. The first-order valence-electron chi connectivity index (χ1n) is 7.28. The van der Waals surface area contributed by atoms with Crippen LogP contribution in [0, 0.1) is 0 Å². The highest BCUT2D eigenvalue weighted by molar-refractivity contribution is 7.04. The topological polar surface area (TPSA) is 62.5 Å². The van der Waals surface area contributed by atoms with E-state index in [9.17, 15) is 4.79 Å². The van der Waals surface area contributed by atoms with E-state index in [2.05, 4.69) is 40.6 Å². The second-order valence-electron chi connectivity index (χ2n) is 5.84. The number of benzene rings is 1. The summed E-state index contributed by atoms with van der Waals surface area (Å²) in [6.45, 7) is 1.60. The van der Waals surface area contributed by atoms with Gasteiger partial charge in [0.25, 0.3) is 5.91 Å². The van der Waals surface area contributed by atoms with E-state index in [1.54, 1.807) is 10.3 Å². The minimum atomic E-state index is -0.0569. The number of amides is 1. The molecule has 2 aromatic rings. The third-order valence-electron chi connectivity index (χ3n) is 4.28. The standard InChI is InChI=1S/C16H20N4OS/c1-19-8-12-6-4-3-5-11(12)7-13(19)9-20(2)16(21)14-10-22-18-15(14)17/h3-6,10,13H,7-9H2,1-2H3,(H2,17,18)/t13-/m1/s1. The Labute approximate surface area is 134 Å². The van der Waals surface area contributed by atoms with Gasteiger partial charge in [0.2, 0.25) is 0 Å². The molecule has 1 amide bonds. The highest BCUT2D eigenvalue weighted by atomic mass is 32.1. The van der Waals surface area contributed by atoms with Crippen LogP contribution in [0.1, 0.15) is 21.5 Å². The van der Waals surface area contributed by atoms with Crippen LogP contribution in [0.4, 0.5) is 5.82 Å². The smallest absolute Gasteiger partial charge is 0.258 e. The average molecular weight is 316 g/mol. The van der Waals surface area contributed by atoms with E-state index in [1.807, 2.05) is 7.05 Å². The Bertz CT molecular complexity index is 684. The molecule has 116 valence electrons. The summed E-state index contributed by atoms with van der Waals surface area (Å²) in [4.78, 5) is 16.5. The summed E-state index contributed by atoms with van der Waals surface area (Å²) in [5.41, 5.74) is 9.00. The van der Waals surface area contributed by atoms with Crippen LogP contribution in [0.5, 0.6) is 0 Å². The number of carbonyl (C=O) groups is 1. The molecule has 6 heteroatoms. The summed E-state index contributed by atoms with van der Waals surface area (Å²) >= 11 is 1.22. The van der Waals surface area contributed by atoms with Gasteiger partial charge >= 0.3 is 0 Å². The van der Waals surface area contributed by atoms with Gasteiger partial charge in [0.1, 0.15) is 5.82 Å². The van der Waals surface area contributed by atoms with Gasteiger partial charge < -0.3 is 10.6 Å². The maximum Gasteiger partial charge on any atom is 0.258 e. The van der Waals surface area contributed by atoms with Crippen molar-refractivity contribution in [3.63, 3.8) is 0 Å². The zero-order chi connectivity index (χ0) is 15.7. The molecule has 0 saturated heterocycles. The summed E-state index contributed by atoms with van der Waals surface area (Å²) in [6, 6.07) is 8.83. The molecule has 2 heterocycles. The van der Waals surface area contributed by atoms with Crippen molar-refractivity contribution in [3.05, 3.63) is 46.3 Å². The zero-order valence-electron chi connectivity index (χ0n) is 12.8. The van der Waals surface area contributed by atoms with Gasteiger partial charge in [-0.05, 0) is 36.1 Å². The minimum Gasteiger partial charge on any atom is -0.382 e. The molecule has 0 unspecified atom stereocenters. The van der Waals surface area contributed by atoms with Gasteiger partial charge in [-0.25, -0.2) is 0 Å². The second kappa shape index (κ2) is 6.06. The fourth-order valence-corrected chi connectivity index (χ4v) is 3.52. The van der Waals surface area contributed by atoms with E-state index in [1.165, 1.54) is 22.7 Å². The Kier molecular flexibility index (Phi) is 4.13. The van der Waals surface area contributed by atoms with Crippen molar-refractivity contribution in [2.45, 2.75) is 19.0 Å². The largest absolute Gasteiger partial charge is 0.382 e. The Morgan fingerprint density at radius 2 is 2.18 bits per heavy atom. The monoisotopic (exact) mass is 316 g/mol. The molecule has 3 rings (SSSR count). The summed E-state index contributed by atoms with van der Waals surface area (Å²) in [6.07, 6.45) is 0.960. The lowest BCUT2D eigenvalue weighted by Crippen LogP contribution is -2.46. The van der Waals surface area contributed by atoms with Gasteiger partial charge in [-0.15, -0.1) is 0 Å². The lowest BCUT2D eigenvalue weighted by molar-refractivity contribution is 0.0735. The molecule has 1 aliphatic rings. The number of rotatable bonds is 3. The van der Waals surface area contributed by atoms with Crippen molar-refractivity contribution in [2.75, 3.05) is 26.4 Å². The van der Waals surface area contributed by atoms with Crippen LogP contribution < -0.4 is 5.73 Å². The predicted molar refractivity (Wildman–Crippen MR) is 88.9 cm³/mol. The number of carbonyl (C=O) groups excluding carboxylic acids is 1. The molecule has 1 aromatic carbocycles. The van der Waals surface area contributed by atoms with Crippen LogP contribution in [0.25, 0.3) is 0 Å². The molecule has 0 bridgehead atoms. The first-order chi connectivity index (χ1) is 10.6. The molecular formula is C16H20N4OS. The fraction of sp³-hybridized carbons (Fsp3) is 0.375. The van der Waals surface area contributed by atoms with Crippen LogP contribution in [-0.4, -0.2) is 46.8 Å². The van der Waals surface area contributed by atoms with Crippen molar-refractivity contribution in [1.82, 2.24) is 14.2 Å². The van der Waals surface area contributed by atoms with E-state index in [0.29, 0.717) is 24.0 Å². The van der Waals surface area contributed by atoms with Crippen LogP contribution in [-0.2, 0) is 13.0 Å². The molecule has 1 aliphatic heterocycles. The van der Waals surface area contributed by atoms with Gasteiger partial charge in [-0.2, -0.15) is 4.37 Å². The lowest BCUT2D eigenvalue weighted by atomic mass is 9.94. The number of nitrogens with zero attached hydrogens (tertiary/aromatic N) is 3. The molecule has 0 radical (unpaired) electrons. The first-order valence-corrected chi connectivity index (χ1v) is 8.12. The Hall–Kier alpha value is -1.92. The van der Waals surface area contributed by atoms with Gasteiger partial charge in [-0.1, -0.05) is 24.3 Å². The number of aromatic nitrogens is 1. The van der Waals surface area contributed by atoms with Crippen molar-refractivity contribution in [2.24, 2.45) is 0 Å². The SMILES string of the molecule is CN(C[C@H]1Cc2ccccc2CN1C)C(=O)c1csnc1N. The number of hydrogen-bond donors (Lipinski definition) is 1. The molecule has 0 fully saturated rings. The van der Waals surface area contributed by atoms with Crippen molar-refractivity contribution >= 4 is 23.3 Å². The third-order valence-corrected chi connectivity index (χ3v) is 4.92. The average Bonchev–Trinajstić information content (AvgIpc) is 2.93. The number of nitrogen functional groups attached to an aromatic ring is 1. The number of hydrogen-bond acceptors (Lipinski definition) is 5. The molecule has 22 heavy (non-hydrogen) atoms. The lowest BCUT2D eigenvalue weighted by Gasteiger charge is -2.36. The molecule has 1 atom stereocenters. The van der Waals surface area contributed by atoms with Crippen molar-refractivity contribution in [1.29, 1.82) is 0 Å². The number of likely N-dealkylation sites (N-methyl/N-ethyl adjacent to an activating group) is 2. The molecular weight excluding hydrogens is 296 g/mol.